The van der Waals surface area contributed by atoms with E-state index in [1.165, 1.54) is 24.0 Å². The molecule has 1 aromatic carbocycles. The third-order valence-corrected chi connectivity index (χ3v) is 4.13. The van der Waals surface area contributed by atoms with Gasteiger partial charge in [-0.2, -0.15) is 0 Å². The van der Waals surface area contributed by atoms with Crippen molar-refractivity contribution in [2.24, 2.45) is 10.9 Å². The molecule has 0 amide bonds. The quantitative estimate of drug-likeness (QED) is 0.487. The number of nitrogens with one attached hydrogen (secondary N) is 2. The van der Waals surface area contributed by atoms with Crippen LogP contribution in [-0.4, -0.2) is 25.6 Å². The number of rotatable bonds is 3. The molecule has 0 heterocycles. The van der Waals surface area contributed by atoms with Crippen LogP contribution in [0.25, 0.3) is 0 Å². The summed E-state index contributed by atoms with van der Waals surface area (Å²) in [5.74, 6) is 2.40. The summed E-state index contributed by atoms with van der Waals surface area (Å²) in [6.45, 7) is 3.25. The fraction of sp³-hybridized carbons (Fsp3) is 0.533. The molecular weight excluding hydrogens is 349 g/mol. The largest absolute Gasteiger partial charge is 0.356 e. The van der Waals surface area contributed by atoms with Crippen LogP contribution in [0.4, 0.5) is 0 Å². The van der Waals surface area contributed by atoms with Gasteiger partial charge in [0.15, 0.2) is 5.96 Å². The molecule has 0 aliphatic heterocycles. The van der Waals surface area contributed by atoms with Gasteiger partial charge in [-0.3, -0.25) is 4.99 Å². The van der Waals surface area contributed by atoms with Crippen LogP contribution in [0.5, 0.6) is 0 Å². The van der Waals surface area contributed by atoms with Gasteiger partial charge in [-0.05, 0) is 29.9 Å². The van der Waals surface area contributed by atoms with Gasteiger partial charge in [0.25, 0.3) is 0 Å². The van der Waals surface area contributed by atoms with E-state index in [0.29, 0.717) is 12.0 Å². The number of hydrogen-bond acceptors (Lipinski definition) is 1. The number of guanidine groups is 1. The summed E-state index contributed by atoms with van der Waals surface area (Å²) in [7, 11) is 1.84. The second kappa shape index (κ2) is 6.11. The van der Waals surface area contributed by atoms with Crippen LogP contribution in [0.2, 0.25) is 0 Å². The van der Waals surface area contributed by atoms with Crippen molar-refractivity contribution in [2.75, 3.05) is 13.6 Å². The predicted molar refractivity (Wildman–Crippen MR) is 90.4 cm³/mol. The highest BCUT2D eigenvalue weighted by Gasteiger charge is 2.33. The molecule has 0 bridgehead atoms. The van der Waals surface area contributed by atoms with Crippen LogP contribution in [-0.2, 0) is 6.42 Å². The molecule has 0 aromatic heterocycles. The molecule has 2 N–H and O–H groups in total. The first-order valence-electron chi connectivity index (χ1n) is 6.83. The van der Waals surface area contributed by atoms with Crippen molar-refractivity contribution < 1.29 is 0 Å². The molecule has 1 aromatic rings. The van der Waals surface area contributed by atoms with E-state index in [1.54, 1.807) is 0 Å². The summed E-state index contributed by atoms with van der Waals surface area (Å²) in [6, 6.07) is 9.35. The maximum atomic E-state index is 4.28. The van der Waals surface area contributed by atoms with Crippen LogP contribution in [0.3, 0.4) is 0 Å². The number of benzene rings is 1. The van der Waals surface area contributed by atoms with Gasteiger partial charge in [-0.15, -0.1) is 24.0 Å². The van der Waals surface area contributed by atoms with E-state index in [2.05, 4.69) is 46.8 Å². The second-order valence-corrected chi connectivity index (χ2v) is 5.52. The van der Waals surface area contributed by atoms with Crippen LogP contribution in [0.1, 0.15) is 30.4 Å². The van der Waals surface area contributed by atoms with Crippen molar-refractivity contribution in [3.8, 4) is 0 Å². The van der Waals surface area contributed by atoms with Crippen molar-refractivity contribution in [3.63, 3.8) is 0 Å². The van der Waals surface area contributed by atoms with E-state index < -0.39 is 0 Å². The molecule has 104 valence electrons. The average Bonchev–Trinajstić information content (AvgIpc) is 3.04. The summed E-state index contributed by atoms with van der Waals surface area (Å²) in [4.78, 5) is 4.28. The first-order valence-corrected chi connectivity index (χ1v) is 6.83. The molecule has 3 unspecified atom stereocenters. The molecule has 0 spiro atoms. The molecule has 2 aliphatic rings. The molecule has 2 aliphatic carbocycles. The molecule has 19 heavy (non-hydrogen) atoms. The Labute approximate surface area is 132 Å². The predicted octanol–water partition coefficient (Wildman–Crippen LogP) is 2.52. The summed E-state index contributed by atoms with van der Waals surface area (Å²) in [6.07, 6.45) is 2.47. The van der Waals surface area contributed by atoms with Gasteiger partial charge in [-0.25, -0.2) is 0 Å². The zero-order valence-electron chi connectivity index (χ0n) is 11.5. The summed E-state index contributed by atoms with van der Waals surface area (Å²) in [5, 5.41) is 6.90. The Kier molecular flexibility index (Phi) is 4.71. The normalized spacial score (nSPS) is 27.7. The standard InChI is InChI=1S/C15H21N3.HI/c1-10-7-14(10)18-15(16-2)17-9-12-8-11-5-3-4-6-13(11)12;/h3-6,10,12,14H,7-9H2,1-2H3,(H2,16,17,18);1H. The van der Waals surface area contributed by atoms with Crippen molar-refractivity contribution in [1.82, 2.24) is 10.6 Å². The van der Waals surface area contributed by atoms with Gasteiger partial charge < -0.3 is 10.6 Å². The Bertz CT molecular complexity index is 472. The van der Waals surface area contributed by atoms with Gasteiger partial charge in [0.2, 0.25) is 0 Å². The molecule has 1 saturated carbocycles. The third-order valence-electron chi connectivity index (χ3n) is 4.13. The Morgan fingerprint density at radius 2 is 2.11 bits per heavy atom. The lowest BCUT2D eigenvalue weighted by molar-refractivity contribution is 0.582. The summed E-state index contributed by atoms with van der Waals surface area (Å²) in [5.41, 5.74) is 3.00. The minimum atomic E-state index is 0. The molecule has 3 nitrogen and oxygen atoms in total. The van der Waals surface area contributed by atoms with Gasteiger partial charge in [0.05, 0.1) is 0 Å². The summed E-state index contributed by atoms with van der Waals surface area (Å²) >= 11 is 0. The maximum absolute atomic E-state index is 4.28. The Morgan fingerprint density at radius 3 is 2.74 bits per heavy atom. The first kappa shape index (κ1) is 14.6. The summed E-state index contributed by atoms with van der Waals surface area (Å²) < 4.78 is 0. The van der Waals surface area contributed by atoms with Crippen molar-refractivity contribution in [3.05, 3.63) is 35.4 Å². The fourth-order valence-corrected chi connectivity index (χ4v) is 2.66. The molecule has 3 rings (SSSR count). The van der Waals surface area contributed by atoms with Gasteiger partial charge >= 0.3 is 0 Å². The molecule has 0 radical (unpaired) electrons. The van der Waals surface area contributed by atoms with Gasteiger partial charge in [-0.1, -0.05) is 31.2 Å². The van der Waals surface area contributed by atoms with Crippen LogP contribution >= 0.6 is 24.0 Å². The Balaban J connectivity index is 0.00000133. The fourth-order valence-electron chi connectivity index (χ4n) is 2.66. The molecule has 0 saturated heterocycles. The molecule has 3 atom stereocenters. The number of aliphatic imine (C=N–C) groups is 1. The van der Waals surface area contributed by atoms with E-state index in [4.69, 9.17) is 0 Å². The van der Waals surface area contributed by atoms with Crippen molar-refractivity contribution >= 4 is 29.9 Å². The number of hydrogen-bond donors (Lipinski definition) is 2. The van der Waals surface area contributed by atoms with Crippen molar-refractivity contribution in [2.45, 2.75) is 31.7 Å². The van der Waals surface area contributed by atoms with E-state index in [1.807, 2.05) is 7.05 Å². The minimum Gasteiger partial charge on any atom is -0.356 e. The van der Waals surface area contributed by atoms with Crippen molar-refractivity contribution in [1.29, 1.82) is 0 Å². The highest BCUT2D eigenvalue weighted by molar-refractivity contribution is 14.0. The SMILES string of the molecule is CN=C(NCC1Cc2ccccc21)NC1CC1C.I. The minimum absolute atomic E-state index is 0. The first-order chi connectivity index (χ1) is 8.78. The van der Waals surface area contributed by atoms with Crippen LogP contribution in [0.15, 0.2) is 29.3 Å². The van der Waals surface area contributed by atoms with E-state index in [-0.39, 0.29) is 24.0 Å². The maximum Gasteiger partial charge on any atom is 0.191 e. The van der Waals surface area contributed by atoms with E-state index >= 15 is 0 Å². The monoisotopic (exact) mass is 371 g/mol. The topological polar surface area (TPSA) is 36.4 Å². The number of fused-ring (bicyclic) bond motifs is 1. The van der Waals surface area contributed by atoms with E-state index in [0.717, 1.165) is 18.4 Å². The lowest BCUT2D eigenvalue weighted by Crippen LogP contribution is -2.42. The van der Waals surface area contributed by atoms with Crippen LogP contribution < -0.4 is 10.6 Å². The molecule has 4 heteroatoms. The van der Waals surface area contributed by atoms with Crippen LogP contribution in [0, 0.1) is 5.92 Å². The zero-order chi connectivity index (χ0) is 12.5. The second-order valence-electron chi connectivity index (χ2n) is 5.52. The lowest BCUT2D eigenvalue weighted by Gasteiger charge is -2.30. The van der Waals surface area contributed by atoms with Gasteiger partial charge in [0.1, 0.15) is 0 Å². The van der Waals surface area contributed by atoms with Gasteiger partial charge in [0, 0.05) is 25.6 Å². The third kappa shape index (κ3) is 3.22. The highest BCUT2D eigenvalue weighted by Crippen LogP contribution is 2.34. The lowest BCUT2D eigenvalue weighted by atomic mass is 9.78. The molecular formula is C15H22IN3. The molecule has 1 fully saturated rings. The smallest absolute Gasteiger partial charge is 0.191 e. The van der Waals surface area contributed by atoms with E-state index in [9.17, 15) is 0 Å². The average molecular weight is 371 g/mol. The number of halogens is 1. The zero-order valence-corrected chi connectivity index (χ0v) is 13.8. The Morgan fingerprint density at radius 1 is 1.37 bits per heavy atom. The number of nitrogens with zero attached hydrogens (tertiary/aromatic N) is 1. The highest BCUT2D eigenvalue weighted by atomic mass is 127. The Hall–Kier alpha value is -0.780.